The van der Waals surface area contributed by atoms with Crippen molar-refractivity contribution < 1.29 is 17.6 Å². The monoisotopic (exact) mass is 485 g/mol. The molecule has 0 atom stereocenters. The van der Waals surface area contributed by atoms with Crippen molar-refractivity contribution in [2.24, 2.45) is 5.73 Å². The zero-order valence-electron chi connectivity index (χ0n) is 18.3. The molecule has 9 nitrogen and oxygen atoms in total. The van der Waals surface area contributed by atoms with Crippen LogP contribution >= 0.6 is 0 Å². The number of halogens is 1. The number of sulfonamides is 1. The highest BCUT2D eigenvalue weighted by Crippen LogP contribution is 2.12. The van der Waals surface area contributed by atoms with Crippen LogP contribution in [0.1, 0.15) is 22.4 Å². The number of carbonyl (C=O) groups is 1. The molecule has 34 heavy (non-hydrogen) atoms. The van der Waals surface area contributed by atoms with Crippen LogP contribution in [-0.2, 0) is 33.7 Å². The number of nitrogen functional groups attached to an aromatic ring is 1. The van der Waals surface area contributed by atoms with E-state index in [2.05, 4.69) is 10.0 Å². The summed E-state index contributed by atoms with van der Waals surface area (Å²) >= 11 is 0. The van der Waals surface area contributed by atoms with E-state index in [4.69, 9.17) is 11.1 Å². The van der Waals surface area contributed by atoms with Crippen LogP contribution in [0.25, 0.3) is 0 Å². The third-order valence-electron chi connectivity index (χ3n) is 4.98. The lowest BCUT2D eigenvalue weighted by Crippen LogP contribution is -2.34. The second kappa shape index (κ2) is 10.3. The fourth-order valence-electron chi connectivity index (χ4n) is 3.15. The van der Waals surface area contributed by atoms with Gasteiger partial charge in [-0.25, -0.2) is 12.8 Å². The van der Waals surface area contributed by atoms with Crippen LogP contribution in [0, 0.1) is 18.2 Å². The van der Waals surface area contributed by atoms with Crippen molar-refractivity contribution >= 4 is 27.5 Å². The van der Waals surface area contributed by atoms with Gasteiger partial charge in [0.25, 0.3) is 5.56 Å². The van der Waals surface area contributed by atoms with E-state index in [1.54, 1.807) is 31.2 Å². The number of benzene rings is 2. The Morgan fingerprint density at radius 2 is 1.65 bits per heavy atom. The van der Waals surface area contributed by atoms with Gasteiger partial charge in [0.1, 0.15) is 23.9 Å². The summed E-state index contributed by atoms with van der Waals surface area (Å²) in [5.41, 5.74) is 6.75. The number of amidine groups is 1. The van der Waals surface area contributed by atoms with E-state index in [1.165, 1.54) is 28.8 Å². The molecule has 0 bridgehead atoms. The molecule has 0 radical (unpaired) electrons. The zero-order valence-corrected chi connectivity index (χ0v) is 19.2. The first-order valence-electron chi connectivity index (χ1n) is 10.2. The van der Waals surface area contributed by atoms with Gasteiger partial charge in [0.15, 0.2) is 0 Å². The Morgan fingerprint density at radius 1 is 1.03 bits per heavy atom. The molecule has 1 heterocycles. The van der Waals surface area contributed by atoms with Crippen molar-refractivity contribution in [1.29, 1.82) is 5.41 Å². The molecular formula is C23H24FN5O4S. The lowest BCUT2D eigenvalue weighted by Gasteiger charge is -2.14. The van der Waals surface area contributed by atoms with Crippen LogP contribution in [-0.4, -0.2) is 24.7 Å². The van der Waals surface area contributed by atoms with Crippen molar-refractivity contribution in [3.05, 3.63) is 99.2 Å². The van der Waals surface area contributed by atoms with E-state index in [9.17, 15) is 22.4 Å². The predicted molar refractivity (Wildman–Crippen MR) is 127 cm³/mol. The van der Waals surface area contributed by atoms with Crippen LogP contribution in [0.5, 0.6) is 0 Å². The lowest BCUT2D eigenvalue weighted by atomic mass is 10.1. The highest BCUT2D eigenvalue weighted by molar-refractivity contribution is 7.91. The van der Waals surface area contributed by atoms with Crippen molar-refractivity contribution in [2.75, 3.05) is 4.72 Å². The van der Waals surface area contributed by atoms with Crippen molar-refractivity contribution in [3.63, 3.8) is 0 Å². The minimum absolute atomic E-state index is 0.0568. The summed E-state index contributed by atoms with van der Waals surface area (Å²) in [6.07, 6.45) is 0. The fraction of sp³-hybridized carbons (Fsp3) is 0.174. The van der Waals surface area contributed by atoms with Crippen molar-refractivity contribution in [2.45, 2.75) is 25.8 Å². The third kappa shape index (κ3) is 6.51. The Morgan fingerprint density at radius 3 is 2.26 bits per heavy atom. The molecule has 1 aromatic heterocycles. The van der Waals surface area contributed by atoms with Crippen LogP contribution in [0.4, 0.5) is 10.1 Å². The highest BCUT2D eigenvalue weighted by atomic mass is 32.2. The van der Waals surface area contributed by atoms with Gasteiger partial charge in [-0.15, -0.1) is 0 Å². The summed E-state index contributed by atoms with van der Waals surface area (Å²) in [6, 6.07) is 14.7. The molecular weight excluding hydrogens is 461 g/mol. The van der Waals surface area contributed by atoms with Gasteiger partial charge in [-0.3, -0.25) is 19.7 Å². The van der Waals surface area contributed by atoms with E-state index < -0.39 is 33.1 Å². The molecule has 11 heteroatoms. The summed E-state index contributed by atoms with van der Waals surface area (Å²) in [7, 11) is -3.95. The number of nitrogens with zero attached hydrogens (tertiary/aromatic N) is 1. The minimum atomic E-state index is -3.95. The number of aromatic nitrogens is 1. The number of amides is 1. The van der Waals surface area contributed by atoms with Gasteiger partial charge < -0.3 is 15.6 Å². The molecule has 5 N–H and O–H groups in total. The van der Waals surface area contributed by atoms with Crippen LogP contribution < -0.4 is 21.3 Å². The number of pyridine rings is 1. The van der Waals surface area contributed by atoms with E-state index >= 15 is 0 Å². The largest absolute Gasteiger partial charge is 0.384 e. The summed E-state index contributed by atoms with van der Waals surface area (Å²) in [4.78, 5) is 25.3. The number of aryl methyl sites for hydroxylation is 1. The number of nitrogens with one attached hydrogen (secondary N) is 3. The maximum Gasteiger partial charge on any atom is 0.275 e. The standard InChI is InChI=1S/C23H24FN5O4S/c1-15-2-11-20(28-34(32,33)14-17-5-9-19(24)10-6-17)23(31)29(15)13-21(30)27-12-16-3-7-18(8-4-16)22(25)26/h2-11,28H,12-14H2,1H3,(H3,25,26)(H,27,30). The van der Waals surface area contributed by atoms with E-state index in [0.29, 0.717) is 16.8 Å². The van der Waals surface area contributed by atoms with Gasteiger partial charge in [0.05, 0.1) is 5.75 Å². The molecule has 0 aliphatic rings. The summed E-state index contributed by atoms with van der Waals surface area (Å²) in [5.74, 6) is -1.42. The van der Waals surface area contributed by atoms with Crippen LogP contribution in [0.3, 0.4) is 0 Å². The number of rotatable bonds is 9. The van der Waals surface area contributed by atoms with E-state index in [1.807, 2.05) is 0 Å². The number of hydrogen-bond donors (Lipinski definition) is 4. The molecule has 178 valence electrons. The molecule has 3 aromatic rings. The molecule has 0 aliphatic heterocycles. The van der Waals surface area contributed by atoms with Gasteiger partial charge in [-0.2, -0.15) is 0 Å². The first kappa shape index (κ1) is 24.6. The van der Waals surface area contributed by atoms with Crippen molar-refractivity contribution in [3.8, 4) is 0 Å². The van der Waals surface area contributed by atoms with E-state index in [-0.39, 0.29) is 24.6 Å². The Labute approximate surface area is 196 Å². The highest BCUT2D eigenvalue weighted by Gasteiger charge is 2.17. The van der Waals surface area contributed by atoms with Gasteiger partial charge in [-0.1, -0.05) is 36.4 Å². The molecule has 0 saturated carbocycles. The molecule has 2 aromatic carbocycles. The average Bonchev–Trinajstić information content (AvgIpc) is 2.79. The smallest absolute Gasteiger partial charge is 0.275 e. The zero-order chi connectivity index (χ0) is 24.9. The van der Waals surface area contributed by atoms with E-state index in [0.717, 1.165) is 17.7 Å². The first-order chi connectivity index (χ1) is 16.0. The SMILES string of the molecule is Cc1ccc(NS(=O)(=O)Cc2ccc(F)cc2)c(=O)n1CC(=O)NCc1ccc(C(=N)N)cc1. The van der Waals surface area contributed by atoms with Gasteiger partial charge in [-0.05, 0) is 42.3 Å². The molecule has 3 rings (SSSR count). The number of hydrogen-bond acceptors (Lipinski definition) is 5. The number of carbonyl (C=O) groups excluding carboxylic acids is 1. The van der Waals surface area contributed by atoms with Gasteiger partial charge >= 0.3 is 0 Å². The third-order valence-corrected chi connectivity index (χ3v) is 6.23. The molecule has 0 aliphatic carbocycles. The second-order valence-corrected chi connectivity index (χ2v) is 9.38. The molecule has 0 saturated heterocycles. The maximum atomic E-state index is 13.0. The second-order valence-electron chi connectivity index (χ2n) is 7.65. The number of anilines is 1. The minimum Gasteiger partial charge on any atom is -0.384 e. The van der Waals surface area contributed by atoms with Crippen LogP contribution in [0.2, 0.25) is 0 Å². The van der Waals surface area contributed by atoms with Gasteiger partial charge in [0.2, 0.25) is 15.9 Å². The Hall–Kier alpha value is -3.99. The number of nitrogens with two attached hydrogens (primary N) is 1. The maximum absolute atomic E-state index is 13.0. The summed E-state index contributed by atoms with van der Waals surface area (Å²) in [5, 5.41) is 10.1. The first-order valence-corrected chi connectivity index (χ1v) is 11.8. The fourth-order valence-corrected chi connectivity index (χ4v) is 4.34. The van der Waals surface area contributed by atoms with Crippen molar-refractivity contribution in [1.82, 2.24) is 9.88 Å². The molecule has 0 fully saturated rings. The Kier molecular flexibility index (Phi) is 7.47. The molecule has 1 amide bonds. The Balaban J connectivity index is 1.68. The van der Waals surface area contributed by atoms with Gasteiger partial charge in [0, 0.05) is 17.8 Å². The Bertz CT molecular complexity index is 1370. The quantitative estimate of drug-likeness (QED) is 0.270. The predicted octanol–water partition coefficient (Wildman–Crippen LogP) is 1.84. The average molecular weight is 486 g/mol. The lowest BCUT2D eigenvalue weighted by molar-refractivity contribution is -0.121. The topological polar surface area (TPSA) is 147 Å². The summed E-state index contributed by atoms with van der Waals surface area (Å²) in [6.45, 7) is 1.53. The molecule has 0 spiro atoms. The normalized spacial score (nSPS) is 11.1. The molecule has 0 unspecified atom stereocenters. The van der Waals surface area contributed by atoms with Crippen LogP contribution in [0.15, 0.2) is 65.5 Å². The summed E-state index contributed by atoms with van der Waals surface area (Å²) < 4.78 is 41.5.